The Morgan fingerprint density at radius 3 is 2.92 bits per heavy atom. The van der Waals surface area contributed by atoms with E-state index in [1.165, 1.54) is 5.69 Å². The predicted molar refractivity (Wildman–Crippen MR) is 47.1 cm³/mol. The van der Waals surface area contributed by atoms with Gasteiger partial charge < -0.3 is 10.5 Å². The molecule has 12 heavy (non-hydrogen) atoms. The zero-order valence-corrected chi connectivity index (χ0v) is 7.58. The normalized spacial score (nSPS) is 10.2. The number of nitrogens with two attached hydrogens (primary N) is 1. The SMILES string of the molecule is CCc1cc(OCCN)nn1C. The van der Waals surface area contributed by atoms with Crippen molar-refractivity contribution in [3.63, 3.8) is 0 Å². The fourth-order valence-corrected chi connectivity index (χ4v) is 1.04. The molecule has 0 aliphatic carbocycles. The number of ether oxygens (including phenoxy) is 1. The summed E-state index contributed by atoms with van der Waals surface area (Å²) in [4.78, 5) is 0. The summed E-state index contributed by atoms with van der Waals surface area (Å²) in [6.45, 7) is 3.14. The molecule has 1 aromatic rings. The minimum Gasteiger partial charge on any atom is -0.475 e. The van der Waals surface area contributed by atoms with Crippen LogP contribution in [0.2, 0.25) is 0 Å². The van der Waals surface area contributed by atoms with Gasteiger partial charge in [0.15, 0.2) is 0 Å². The molecule has 0 aliphatic heterocycles. The van der Waals surface area contributed by atoms with Crippen molar-refractivity contribution in [2.45, 2.75) is 13.3 Å². The molecule has 0 unspecified atom stereocenters. The van der Waals surface area contributed by atoms with Crippen molar-refractivity contribution < 1.29 is 4.74 Å². The largest absolute Gasteiger partial charge is 0.475 e. The molecule has 0 amide bonds. The Hall–Kier alpha value is -1.03. The van der Waals surface area contributed by atoms with Gasteiger partial charge in [0, 0.05) is 25.4 Å². The molecule has 0 bridgehead atoms. The second-order valence-corrected chi connectivity index (χ2v) is 2.59. The van der Waals surface area contributed by atoms with Crippen molar-refractivity contribution >= 4 is 0 Å². The van der Waals surface area contributed by atoms with E-state index in [0.29, 0.717) is 19.0 Å². The smallest absolute Gasteiger partial charge is 0.233 e. The highest BCUT2D eigenvalue weighted by molar-refractivity contribution is 5.15. The lowest BCUT2D eigenvalue weighted by Gasteiger charge is -1.97. The van der Waals surface area contributed by atoms with Gasteiger partial charge in [0.1, 0.15) is 6.61 Å². The van der Waals surface area contributed by atoms with Gasteiger partial charge in [-0.1, -0.05) is 6.92 Å². The summed E-state index contributed by atoms with van der Waals surface area (Å²) >= 11 is 0. The molecule has 0 saturated carbocycles. The van der Waals surface area contributed by atoms with E-state index in [1.807, 2.05) is 17.8 Å². The third-order valence-corrected chi connectivity index (χ3v) is 1.68. The minimum atomic E-state index is 0.526. The van der Waals surface area contributed by atoms with Crippen LogP contribution in [0.3, 0.4) is 0 Å². The van der Waals surface area contributed by atoms with Gasteiger partial charge in [-0.3, -0.25) is 4.68 Å². The first-order chi connectivity index (χ1) is 5.77. The van der Waals surface area contributed by atoms with Crippen LogP contribution >= 0.6 is 0 Å². The van der Waals surface area contributed by atoms with E-state index in [1.54, 1.807) is 0 Å². The molecule has 1 rings (SSSR count). The topological polar surface area (TPSA) is 53.1 Å². The van der Waals surface area contributed by atoms with Gasteiger partial charge in [-0.05, 0) is 6.42 Å². The van der Waals surface area contributed by atoms with Gasteiger partial charge in [0.2, 0.25) is 5.88 Å². The van der Waals surface area contributed by atoms with Gasteiger partial charge in [-0.2, -0.15) is 0 Å². The van der Waals surface area contributed by atoms with Gasteiger partial charge in [0.25, 0.3) is 0 Å². The molecule has 0 saturated heterocycles. The van der Waals surface area contributed by atoms with E-state index in [4.69, 9.17) is 10.5 Å². The Labute approximate surface area is 72.3 Å². The van der Waals surface area contributed by atoms with Crippen molar-refractivity contribution in [1.29, 1.82) is 0 Å². The molecule has 4 nitrogen and oxygen atoms in total. The van der Waals surface area contributed by atoms with Crippen LogP contribution in [0.25, 0.3) is 0 Å². The van der Waals surface area contributed by atoms with E-state index < -0.39 is 0 Å². The standard InChI is InChI=1S/C8H15N3O/c1-3-7-6-8(10-11(7)2)12-5-4-9/h6H,3-5,9H2,1-2H3. The van der Waals surface area contributed by atoms with Crippen molar-refractivity contribution in [3.8, 4) is 5.88 Å². The summed E-state index contributed by atoms with van der Waals surface area (Å²) in [5, 5.41) is 4.16. The maximum Gasteiger partial charge on any atom is 0.233 e. The first-order valence-corrected chi connectivity index (χ1v) is 4.13. The molecule has 68 valence electrons. The molecule has 0 fully saturated rings. The maximum absolute atomic E-state index is 5.29. The second kappa shape index (κ2) is 4.11. The highest BCUT2D eigenvalue weighted by Gasteiger charge is 2.02. The van der Waals surface area contributed by atoms with Crippen LogP contribution in [0.15, 0.2) is 6.07 Å². The average Bonchev–Trinajstić information content (AvgIpc) is 2.43. The van der Waals surface area contributed by atoms with Crippen LogP contribution in [0.4, 0.5) is 0 Å². The predicted octanol–water partition coefficient (Wildman–Crippen LogP) is 0.320. The zero-order chi connectivity index (χ0) is 8.97. The van der Waals surface area contributed by atoms with Crippen LogP contribution in [0.5, 0.6) is 5.88 Å². The van der Waals surface area contributed by atoms with Crippen LogP contribution in [-0.4, -0.2) is 22.9 Å². The lowest BCUT2D eigenvalue weighted by Crippen LogP contribution is -2.10. The first kappa shape index (κ1) is 9.06. The highest BCUT2D eigenvalue weighted by atomic mass is 16.5. The lowest BCUT2D eigenvalue weighted by atomic mass is 10.3. The average molecular weight is 169 g/mol. The van der Waals surface area contributed by atoms with Gasteiger partial charge >= 0.3 is 0 Å². The van der Waals surface area contributed by atoms with E-state index >= 15 is 0 Å². The number of aryl methyl sites for hydroxylation is 2. The minimum absolute atomic E-state index is 0.526. The van der Waals surface area contributed by atoms with Gasteiger partial charge in [-0.25, -0.2) is 0 Å². The summed E-state index contributed by atoms with van der Waals surface area (Å²) < 4.78 is 7.09. The molecular weight excluding hydrogens is 154 g/mol. The van der Waals surface area contributed by atoms with Crippen LogP contribution in [0.1, 0.15) is 12.6 Å². The molecule has 1 heterocycles. The highest BCUT2D eigenvalue weighted by Crippen LogP contribution is 2.10. The summed E-state index contributed by atoms with van der Waals surface area (Å²) in [5.74, 6) is 0.666. The molecule has 0 radical (unpaired) electrons. The van der Waals surface area contributed by atoms with E-state index in [-0.39, 0.29) is 0 Å². The van der Waals surface area contributed by atoms with Gasteiger partial charge in [0.05, 0.1) is 0 Å². The summed E-state index contributed by atoms with van der Waals surface area (Å²) in [5.41, 5.74) is 6.46. The molecular formula is C8H15N3O. The zero-order valence-electron chi connectivity index (χ0n) is 7.58. The molecule has 1 aromatic heterocycles. The first-order valence-electron chi connectivity index (χ1n) is 4.13. The Balaban J connectivity index is 2.62. The van der Waals surface area contributed by atoms with Crippen molar-refractivity contribution in [2.24, 2.45) is 12.8 Å². The Morgan fingerprint density at radius 1 is 1.67 bits per heavy atom. The van der Waals surface area contributed by atoms with Crippen molar-refractivity contribution in [2.75, 3.05) is 13.2 Å². The van der Waals surface area contributed by atoms with Crippen molar-refractivity contribution in [1.82, 2.24) is 9.78 Å². The number of aromatic nitrogens is 2. The molecule has 0 atom stereocenters. The van der Waals surface area contributed by atoms with E-state index in [0.717, 1.165) is 6.42 Å². The molecule has 0 aliphatic rings. The Bertz CT molecular complexity index is 244. The molecule has 0 spiro atoms. The lowest BCUT2D eigenvalue weighted by molar-refractivity contribution is 0.312. The number of hydrogen-bond acceptors (Lipinski definition) is 3. The van der Waals surface area contributed by atoms with E-state index in [9.17, 15) is 0 Å². The van der Waals surface area contributed by atoms with E-state index in [2.05, 4.69) is 12.0 Å². The quantitative estimate of drug-likeness (QED) is 0.706. The monoisotopic (exact) mass is 169 g/mol. The van der Waals surface area contributed by atoms with Crippen LogP contribution in [-0.2, 0) is 13.5 Å². The molecule has 2 N–H and O–H groups in total. The van der Waals surface area contributed by atoms with Crippen molar-refractivity contribution in [3.05, 3.63) is 11.8 Å². The molecule has 4 heteroatoms. The summed E-state index contributed by atoms with van der Waals surface area (Å²) in [7, 11) is 1.91. The number of hydrogen-bond donors (Lipinski definition) is 1. The maximum atomic E-state index is 5.29. The van der Waals surface area contributed by atoms with Crippen LogP contribution in [0, 0.1) is 0 Å². The second-order valence-electron chi connectivity index (χ2n) is 2.59. The van der Waals surface area contributed by atoms with Crippen LogP contribution < -0.4 is 10.5 Å². The summed E-state index contributed by atoms with van der Waals surface area (Å²) in [6, 6.07) is 1.94. The Kier molecular flexibility index (Phi) is 3.10. The number of nitrogens with zero attached hydrogens (tertiary/aromatic N) is 2. The van der Waals surface area contributed by atoms with Gasteiger partial charge in [-0.15, -0.1) is 5.10 Å². The fourth-order valence-electron chi connectivity index (χ4n) is 1.04. The third-order valence-electron chi connectivity index (χ3n) is 1.68. The summed E-state index contributed by atoms with van der Waals surface area (Å²) in [6.07, 6.45) is 0.968. The number of rotatable bonds is 4. The third kappa shape index (κ3) is 1.98. The fraction of sp³-hybridized carbons (Fsp3) is 0.625. The Morgan fingerprint density at radius 2 is 2.42 bits per heavy atom. The molecule has 0 aromatic carbocycles.